The van der Waals surface area contributed by atoms with Crippen molar-refractivity contribution in [1.29, 1.82) is 0 Å². The summed E-state index contributed by atoms with van der Waals surface area (Å²) in [6, 6.07) is 23.6. The van der Waals surface area contributed by atoms with E-state index in [2.05, 4.69) is 59.9 Å². The Morgan fingerprint density at radius 1 is 0.782 bits per heavy atom. The van der Waals surface area contributed by atoms with Gasteiger partial charge >= 0.3 is 0 Å². The topological polar surface area (TPSA) is 227 Å². The average molecular weight is 1090 g/mol. The first-order valence-electron chi connectivity index (χ1n) is 27.2. The molecule has 3 aromatic carbocycles. The summed E-state index contributed by atoms with van der Waals surface area (Å²) in [5.41, 5.74) is 13.7. The molecule has 3 aliphatic rings. The van der Waals surface area contributed by atoms with Crippen LogP contribution in [0.5, 0.6) is 11.5 Å². The van der Waals surface area contributed by atoms with Crippen LogP contribution in [0.3, 0.4) is 0 Å². The Morgan fingerprint density at radius 3 is 2.10 bits per heavy atom. The molecule has 3 fully saturated rings. The lowest BCUT2D eigenvalue weighted by Gasteiger charge is -2.37. The molecule has 5 N–H and O–H groups in total. The zero-order valence-electron chi connectivity index (χ0n) is 45.7. The lowest BCUT2D eigenvalue weighted by molar-refractivity contribution is -0.144. The number of amides is 4. The van der Waals surface area contributed by atoms with Gasteiger partial charge in [0.15, 0.2) is 11.6 Å². The number of nitrogens with zero attached hydrogens (tertiary/aromatic N) is 7. The fraction of sp³-hybridized carbons (Fsp3) is 0.500. The van der Waals surface area contributed by atoms with Crippen LogP contribution in [0.15, 0.2) is 84.4 Å². The molecule has 2 aromatic heterocycles. The number of carbonyl (C=O) groups excluding carboxylic acids is 4. The number of likely N-dealkylation sites (tertiary alicyclic amines) is 1. The van der Waals surface area contributed by atoms with Crippen LogP contribution >= 0.6 is 11.3 Å². The molecule has 0 aliphatic carbocycles. The van der Waals surface area contributed by atoms with Crippen molar-refractivity contribution in [2.24, 2.45) is 5.41 Å². The van der Waals surface area contributed by atoms with Gasteiger partial charge in [-0.15, -0.1) is 21.5 Å². The van der Waals surface area contributed by atoms with Crippen molar-refractivity contribution in [3.63, 3.8) is 0 Å². The molecule has 3 aliphatic heterocycles. The third-order valence-corrected chi connectivity index (χ3v) is 15.5. The number of hydrogen-bond acceptors (Lipinski definition) is 16. The number of nitrogens with two attached hydrogens (primary N) is 1. The van der Waals surface area contributed by atoms with E-state index in [0.29, 0.717) is 88.9 Å². The summed E-state index contributed by atoms with van der Waals surface area (Å²) in [4.78, 5) is 67.4. The van der Waals surface area contributed by atoms with E-state index in [1.165, 1.54) is 0 Å². The van der Waals surface area contributed by atoms with Crippen LogP contribution in [0.4, 0.5) is 17.2 Å². The fourth-order valence-corrected chi connectivity index (χ4v) is 10.9. The van der Waals surface area contributed by atoms with Gasteiger partial charge in [-0.05, 0) is 92.5 Å². The molecule has 0 bridgehead atoms. The molecule has 0 radical (unpaired) electrons. The number of benzene rings is 3. The molecule has 1 unspecified atom stereocenters. The second kappa shape index (κ2) is 27.1. The largest absolute Gasteiger partial charge is 0.507 e. The number of piperidine rings is 1. The van der Waals surface area contributed by atoms with Crippen LogP contribution in [0.1, 0.15) is 83.5 Å². The third-order valence-electron chi connectivity index (χ3n) is 14.6. The van der Waals surface area contributed by atoms with Gasteiger partial charge in [0.05, 0.1) is 74.7 Å². The number of carbonyl (C=O) groups is 4. The number of phenolic OH excluding ortho intramolecular Hbond substituents is 1. The summed E-state index contributed by atoms with van der Waals surface area (Å²) >= 11 is 1.60. The highest BCUT2D eigenvalue weighted by Gasteiger charge is 2.42. The maximum atomic E-state index is 14.0. The first kappa shape index (κ1) is 57.3. The van der Waals surface area contributed by atoms with Gasteiger partial charge in [0.25, 0.3) is 0 Å². The molecule has 0 spiro atoms. The van der Waals surface area contributed by atoms with Crippen molar-refractivity contribution in [3.05, 3.63) is 95.6 Å². The summed E-state index contributed by atoms with van der Waals surface area (Å²) in [6.07, 6.45) is 3.34. The van der Waals surface area contributed by atoms with Crippen LogP contribution in [-0.4, -0.2) is 157 Å². The molecule has 5 aromatic rings. The number of aromatic hydroxyl groups is 1. The average Bonchev–Trinajstić information content (AvgIpc) is 4.14. The van der Waals surface area contributed by atoms with Crippen molar-refractivity contribution in [1.82, 2.24) is 35.6 Å². The lowest BCUT2D eigenvalue weighted by atomic mass is 9.85. The second-order valence-electron chi connectivity index (χ2n) is 21.2. The molecule has 19 nitrogen and oxygen atoms in total. The normalized spacial score (nSPS) is 17.7. The highest BCUT2D eigenvalue weighted by Crippen LogP contribution is 2.34. The van der Waals surface area contributed by atoms with Gasteiger partial charge in [0, 0.05) is 68.7 Å². The van der Waals surface area contributed by atoms with Gasteiger partial charge in [-0.3, -0.25) is 19.2 Å². The summed E-state index contributed by atoms with van der Waals surface area (Å²) in [7, 11) is 0. The Morgan fingerprint density at radius 2 is 1.44 bits per heavy atom. The number of thiazole rings is 1. The van der Waals surface area contributed by atoms with Crippen LogP contribution in [0, 0.1) is 12.3 Å². The lowest BCUT2D eigenvalue weighted by Crippen LogP contribution is -2.57. The monoisotopic (exact) mass is 1090 g/mol. The number of nitrogen functional groups attached to an aromatic ring is 1. The number of piperazine rings is 1. The van der Waals surface area contributed by atoms with Gasteiger partial charge in [0.1, 0.15) is 29.6 Å². The number of aromatic nitrogens is 3. The highest BCUT2D eigenvalue weighted by atomic mass is 32.1. The minimum atomic E-state index is -0.824. The smallest absolute Gasteiger partial charge is 0.246 e. The minimum absolute atomic E-state index is 0.0644. The Balaban J connectivity index is 0.661. The highest BCUT2D eigenvalue weighted by molar-refractivity contribution is 7.13. The molecule has 5 heterocycles. The Bertz CT molecular complexity index is 2780. The molecule has 418 valence electrons. The van der Waals surface area contributed by atoms with E-state index in [-0.39, 0.29) is 67.0 Å². The van der Waals surface area contributed by atoms with E-state index in [1.54, 1.807) is 40.5 Å². The van der Waals surface area contributed by atoms with Gasteiger partial charge in [-0.25, -0.2) is 4.98 Å². The summed E-state index contributed by atoms with van der Waals surface area (Å²) in [5.74, 6) is 0.0509. The predicted octanol–water partition coefficient (Wildman–Crippen LogP) is 6.79. The molecular weight excluding hydrogens is 1010 g/mol. The van der Waals surface area contributed by atoms with Gasteiger partial charge in [0.2, 0.25) is 23.6 Å². The van der Waals surface area contributed by atoms with Gasteiger partial charge in [-0.1, -0.05) is 57.2 Å². The first-order valence-corrected chi connectivity index (χ1v) is 28.1. The summed E-state index contributed by atoms with van der Waals surface area (Å²) in [5, 5.41) is 24.6. The molecule has 8 rings (SSSR count). The number of nitrogens with one attached hydrogen (secondary N) is 2. The third kappa shape index (κ3) is 15.2. The zero-order chi connectivity index (χ0) is 55.2. The predicted molar refractivity (Wildman–Crippen MR) is 301 cm³/mol. The quantitative estimate of drug-likeness (QED) is 0.0494. The fourth-order valence-electron chi connectivity index (χ4n) is 10.1. The molecule has 20 heteroatoms. The standard InChI is InChI=1S/C58H76N10O9S/c1-39(41-14-16-42(17-15-41)53-40(2)60-38-78-53)61-56(72)48-12-9-25-68(48)57(73)54(58(3,4)5)62-51(70)22-30-74-32-34-76-35-33-75-31-23-52(71)66-28-26-65(27-29-66)43-18-20-44(21-19-43)67-24-8-10-45(37-67)77-50-36-47(63-64-55(50)59)46-11-6-7-13-49(46)69/h6-7,11,13-21,36,38-39,45,48,54,69H,8-10,12,22-35,37H2,1-5H3,(H2,59,64)(H,61,72)(H,62,70)/t39-,45?,48-,54+/m0/s1. The van der Waals surface area contributed by atoms with Crippen molar-refractivity contribution < 1.29 is 43.2 Å². The number of rotatable bonds is 23. The van der Waals surface area contributed by atoms with Gasteiger partial charge < -0.3 is 60.0 Å². The summed E-state index contributed by atoms with van der Waals surface area (Å²) in [6.45, 7) is 16.2. The molecular formula is C58H76N10O9S. The Kier molecular flexibility index (Phi) is 19.9. The van der Waals surface area contributed by atoms with Crippen LogP contribution in [-0.2, 0) is 33.4 Å². The molecule has 78 heavy (non-hydrogen) atoms. The van der Waals surface area contributed by atoms with Gasteiger partial charge in [-0.2, -0.15) is 0 Å². The maximum absolute atomic E-state index is 14.0. The second-order valence-corrected chi connectivity index (χ2v) is 22.1. The molecule has 3 saturated heterocycles. The molecule has 4 atom stereocenters. The van der Waals surface area contributed by atoms with Crippen LogP contribution in [0.2, 0.25) is 0 Å². The summed E-state index contributed by atoms with van der Waals surface area (Å²) < 4.78 is 23.4. The van der Waals surface area contributed by atoms with E-state index >= 15 is 0 Å². The molecule has 0 saturated carbocycles. The van der Waals surface area contributed by atoms with Crippen molar-refractivity contribution in [3.8, 4) is 33.2 Å². The van der Waals surface area contributed by atoms with E-state index < -0.39 is 17.5 Å². The number of ether oxygens (including phenoxy) is 4. The van der Waals surface area contributed by atoms with Crippen molar-refractivity contribution in [2.45, 2.75) is 97.4 Å². The number of aryl methyl sites for hydroxylation is 1. The zero-order valence-corrected chi connectivity index (χ0v) is 46.5. The number of phenols is 1. The van der Waals surface area contributed by atoms with Crippen LogP contribution in [0.25, 0.3) is 21.7 Å². The number of para-hydroxylation sites is 1. The Hall–Kier alpha value is -6.87. The SMILES string of the molecule is Cc1ncsc1-c1ccc([C@H](C)NC(=O)[C@@H]2CCCN2C(=O)[C@@H](NC(=O)CCOCCOCCOCCC(=O)N2CCN(c3ccc(N4CCCC(Oc5cc(-c6ccccc6O)nnc5N)C4)cc3)CC2)C(C)(C)C)cc1. The van der Waals surface area contributed by atoms with Crippen LogP contribution < -0.4 is 30.9 Å². The maximum Gasteiger partial charge on any atom is 0.246 e. The molecule has 4 amide bonds. The number of anilines is 3. The van der Waals surface area contributed by atoms with E-state index in [0.717, 1.165) is 65.5 Å². The number of hydrogen-bond donors (Lipinski definition) is 4. The first-order chi connectivity index (χ1) is 37.6. The minimum Gasteiger partial charge on any atom is -0.507 e. The van der Waals surface area contributed by atoms with E-state index in [4.69, 9.17) is 24.7 Å². The van der Waals surface area contributed by atoms with Crippen molar-refractivity contribution >= 4 is 52.2 Å². The van der Waals surface area contributed by atoms with E-state index in [1.807, 2.05) is 75.4 Å². The van der Waals surface area contributed by atoms with Crippen molar-refractivity contribution in [2.75, 3.05) is 101 Å². The Labute approximate surface area is 461 Å². The van der Waals surface area contributed by atoms with E-state index in [9.17, 15) is 24.3 Å².